The van der Waals surface area contributed by atoms with Gasteiger partial charge in [-0.1, -0.05) is 12.1 Å². The summed E-state index contributed by atoms with van der Waals surface area (Å²) in [5.74, 6) is -0.356. The lowest BCUT2D eigenvalue weighted by Crippen LogP contribution is -2.06. The number of rotatable bonds is 4. The Morgan fingerprint density at radius 3 is 2.33 bits per heavy atom. The number of hydrogen-bond donors (Lipinski definition) is 0. The van der Waals surface area contributed by atoms with Crippen molar-refractivity contribution in [3.05, 3.63) is 65.0 Å². The molecule has 3 rings (SSSR count). The zero-order valence-electron chi connectivity index (χ0n) is 13.9. The Morgan fingerprint density at radius 1 is 1.00 bits per heavy atom. The molecule has 2 aromatic carbocycles. The van der Waals surface area contributed by atoms with Crippen LogP contribution in [0.5, 0.6) is 0 Å². The highest BCUT2D eigenvalue weighted by atomic mass is 32.2. The number of aryl methyl sites for hydroxylation is 2. The predicted octanol–water partition coefficient (Wildman–Crippen LogP) is 4.33. The molecular formula is C19H18N2O2S. The van der Waals surface area contributed by atoms with Crippen molar-refractivity contribution in [1.82, 2.24) is 9.97 Å². The standard InChI is InChI=1S/C19H18N2O2S/c1-12-13(2)21-18-10-15(6-9-17(18)20-12)19(22)23-11-14-4-7-16(24-3)8-5-14/h4-10H,11H2,1-3H3. The van der Waals surface area contributed by atoms with Crippen molar-refractivity contribution in [2.24, 2.45) is 0 Å². The van der Waals surface area contributed by atoms with Gasteiger partial charge in [-0.15, -0.1) is 11.8 Å². The molecule has 24 heavy (non-hydrogen) atoms. The summed E-state index contributed by atoms with van der Waals surface area (Å²) in [4.78, 5) is 22.4. The fourth-order valence-corrected chi connectivity index (χ4v) is 2.72. The van der Waals surface area contributed by atoms with Crippen LogP contribution in [-0.2, 0) is 11.3 Å². The SMILES string of the molecule is CSc1ccc(COC(=O)c2ccc3nc(C)c(C)nc3c2)cc1. The second-order valence-corrected chi connectivity index (χ2v) is 6.40. The van der Waals surface area contributed by atoms with Gasteiger partial charge in [-0.2, -0.15) is 0 Å². The highest BCUT2D eigenvalue weighted by Gasteiger charge is 2.10. The maximum Gasteiger partial charge on any atom is 0.338 e. The number of esters is 1. The lowest BCUT2D eigenvalue weighted by atomic mass is 10.2. The van der Waals surface area contributed by atoms with Crippen molar-refractivity contribution in [3.8, 4) is 0 Å². The summed E-state index contributed by atoms with van der Waals surface area (Å²) in [6.07, 6.45) is 2.03. The normalized spacial score (nSPS) is 10.8. The highest BCUT2D eigenvalue weighted by molar-refractivity contribution is 7.98. The van der Waals surface area contributed by atoms with Crippen LogP contribution < -0.4 is 0 Å². The Balaban J connectivity index is 1.74. The van der Waals surface area contributed by atoms with Crippen LogP contribution in [-0.4, -0.2) is 22.2 Å². The first kappa shape index (κ1) is 16.5. The van der Waals surface area contributed by atoms with Crippen LogP contribution >= 0.6 is 11.8 Å². The van der Waals surface area contributed by atoms with Crippen LogP contribution in [0.25, 0.3) is 11.0 Å². The molecule has 1 aromatic heterocycles. The van der Waals surface area contributed by atoms with E-state index in [1.54, 1.807) is 30.0 Å². The van der Waals surface area contributed by atoms with Gasteiger partial charge in [0, 0.05) is 4.90 Å². The molecule has 0 aliphatic rings. The molecule has 4 nitrogen and oxygen atoms in total. The molecule has 5 heteroatoms. The van der Waals surface area contributed by atoms with Gasteiger partial charge in [0.15, 0.2) is 0 Å². The average Bonchev–Trinajstić information content (AvgIpc) is 2.60. The van der Waals surface area contributed by atoms with Gasteiger partial charge in [-0.3, -0.25) is 0 Å². The molecule has 3 aromatic rings. The zero-order chi connectivity index (χ0) is 17.1. The van der Waals surface area contributed by atoms with E-state index < -0.39 is 0 Å². The van der Waals surface area contributed by atoms with Crippen molar-refractivity contribution in [1.29, 1.82) is 0 Å². The summed E-state index contributed by atoms with van der Waals surface area (Å²) < 4.78 is 5.40. The number of thioether (sulfide) groups is 1. The fourth-order valence-electron chi connectivity index (χ4n) is 2.31. The first-order valence-electron chi connectivity index (χ1n) is 7.62. The van der Waals surface area contributed by atoms with Crippen LogP contribution in [0.4, 0.5) is 0 Å². The van der Waals surface area contributed by atoms with Crippen molar-refractivity contribution in [2.45, 2.75) is 25.3 Å². The maximum atomic E-state index is 12.3. The number of fused-ring (bicyclic) bond motifs is 1. The highest BCUT2D eigenvalue weighted by Crippen LogP contribution is 2.17. The molecule has 0 N–H and O–H groups in total. The molecule has 0 aliphatic carbocycles. The summed E-state index contributed by atoms with van der Waals surface area (Å²) in [7, 11) is 0. The van der Waals surface area contributed by atoms with Gasteiger partial charge in [-0.25, -0.2) is 14.8 Å². The second-order valence-electron chi connectivity index (χ2n) is 5.52. The summed E-state index contributed by atoms with van der Waals surface area (Å²) in [6.45, 7) is 4.08. The monoisotopic (exact) mass is 338 g/mol. The minimum Gasteiger partial charge on any atom is -0.457 e. The molecule has 0 amide bonds. The third kappa shape index (κ3) is 3.57. The Hall–Kier alpha value is -2.40. The molecule has 0 aliphatic heterocycles. The summed E-state index contributed by atoms with van der Waals surface area (Å²) in [6, 6.07) is 13.2. The van der Waals surface area contributed by atoms with Crippen LogP contribution in [0.1, 0.15) is 27.3 Å². The molecule has 0 spiro atoms. The number of nitrogens with zero attached hydrogens (tertiary/aromatic N) is 2. The van der Waals surface area contributed by atoms with Gasteiger partial charge in [0.25, 0.3) is 0 Å². The van der Waals surface area contributed by atoms with Crippen LogP contribution in [0.3, 0.4) is 0 Å². The molecule has 0 unspecified atom stereocenters. The molecule has 0 saturated heterocycles. The summed E-state index contributed by atoms with van der Waals surface area (Å²) in [5.41, 5.74) is 4.70. The van der Waals surface area contributed by atoms with E-state index in [4.69, 9.17) is 4.74 Å². The summed E-state index contributed by atoms with van der Waals surface area (Å²) in [5, 5.41) is 0. The van der Waals surface area contributed by atoms with E-state index in [1.165, 1.54) is 4.90 Å². The second kappa shape index (κ2) is 7.01. The Morgan fingerprint density at radius 2 is 1.67 bits per heavy atom. The van der Waals surface area contributed by atoms with Gasteiger partial charge in [0.1, 0.15) is 6.61 Å². The molecule has 0 bridgehead atoms. The average molecular weight is 338 g/mol. The van der Waals surface area contributed by atoms with Gasteiger partial charge in [0.2, 0.25) is 0 Å². The van der Waals surface area contributed by atoms with Gasteiger partial charge in [0.05, 0.1) is 28.0 Å². The van der Waals surface area contributed by atoms with E-state index in [1.807, 2.05) is 44.4 Å². The molecule has 0 fully saturated rings. The van der Waals surface area contributed by atoms with E-state index in [9.17, 15) is 4.79 Å². The minimum absolute atomic E-state index is 0.254. The first-order valence-corrected chi connectivity index (χ1v) is 8.84. The van der Waals surface area contributed by atoms with Gasteiger partial charge in [-0.05, 0) is 56.0 Å². The quantitative estimate of drug-likeness (QED) is 0.523. The third-order valence-electron chi connectivity index (χ3n) is 3.84. The van der Waals surface area contributed by atoms with E-state index in [0.717, 1.165) is 22.5 Å². The number of benzene rings is 2. The number of hydrogen-bond acceptors (Lipinski definition) is 5. The van der Waals surface area contributed by atoms with Gasteiger partial charge < -0.3 is 4.74 Å². The fraction of sp³-hybridized carbons (Fsp3) is 0.211. The lowest BCUT2D eigenvalue weighted by molar-refractivity contribution is 0.0473. The lowest BCUT2D eigenvalue weighted by Gasteiger charge is -2.07. The molecule has 0 atom stereocenters. The Bertz CT molecular complexity index is 892. The smallest absolute Gasteiger partial charge is 0.338 e. The molecule has 122 valence electrons. The van der Waals surface area contributed by atoms with Crippen LogP contribution in [0.15, 0.2) is 47.4 Å². The van der Waals surface area contributed by atoms with E-state index in [-0.39, 0.29) is 12.6 Å². The number of carbonyl (C=O) groups is 1. The van der Waals surface area contributed by atoms with E-state index in [0.29, 0.717) is 11.1 Å². The van der Waals surface area contributed by atoms with Gasteiger partial charge >= 0.3 is 5.97 Å². The molecular weight excluding hydrogens is 320 g/mol. The van der Waals surface area contributed by atoms with Crippen molar-refractivity contribution >= 4 is 28.8 Å². The molecule has 0 saturated carbocycles. The van der Waals surface area contributed by atoms with Crippen LogP contribution in [0, 0.1) is 13.8 Å². The number of aromatic nitrogens is 2. The minimum atomic E-state index is -0.356. The Kier molecular flexibility index (Phi) is 4.81. The van der Waals surface area contributed by atoms with Crippen molar-refractivity contribution in [3.63, 3.8) is 0 Å². The summed E-state index contributed by atoms with van der Waals surface area (Å²) >= 11 is 1.68. The van der Waals surface area contributed by atoms with E-state index in [2.05, 4.69) is 9.97 Å². The largest absolute Gasteiger partial charge is 0.457 e. The topological polar surface area (TPSA) is 52.1 Å². The van der Waals surface area contributed by atoms with Crippen molar-refractivity contribution < 1.29 is 9.53 Å². The Labute approximate surface area is 145 Å². The zero-order valence-corrected chi connectivity index (χ0v) is 14.7. The van der Waals surface area contributed by atoms with E-state index >= 15 is 0 Å². The number of ether oxygens (including phenoxy) is 1. The first-order chi connectivity index (χ1) is 11.6. The van der Waals surface area contributed by atoms with Crippen molar-refractivity contribution in [2.75, 3.05) is 6.26 Å². The maximum absolute atomic E-state index is 12.3. The third-order valence-corrected chi connectivity index (χ3v) is 4.58. The molecule has 1 heterocycles. The van der Waals surface area contributed by atoms with Crippen LogP contribution in [0.2, 0.25) is 0 Å². The predicted molar refractivity (Wildman–Crippen MR) is 96.4 cm³/mol. The number of carbonyl (C=O) groups excluding carboxylic acids is 1. The molecule has 0 radical (unpaired) electrons.